The topological polar surface area (TPSA) is 54.7 Å². The molecule has 0 spiro atoms. The van der Waals surface area contributed by atoms with E-state index in [1.54, 1.807) is 0 Å². The quantitative estimate of drug-likeness (QED) is 0.661. The Labute approximate surface area is 171 Å². The average Bonchev–Trinajstić information content (AvgIpc) is 3.03. The SMILES string of the molecule is Cn1c(=NC(=O)CSCC(=O)N2CCCc3ccccc32)sc2ccccc21. The standard InChI is InChI=1S/C21H21N3O2S2/c1-23-17-10-4-5-11-18(17)28-21(23)22-19(25)13-27-14-20(26)24-12-6-8-15-7-2-3-9-16(15)24/h2-5,7,9-11H,6,8,12-14H2,1H3. The van der Waals surface area contributed by atoms with E-state index in [1.165, 1.54) is 28.7 Å². The summed E-state index contributed by atoms with van der Waals surface area (Å²) in [7, 11) is 1.91. The molecule has 7 heteroatoms. The Hall–Kier alpha value is -2.38. The molecule has 0 atom stereocenters. The van der Waals surface area contributed by atoms with E-state index in [4.69, 9.17) is 0 Å². The molecule has 0 radical (unpaired) electrons. The number of benzene rings is 2. The minimum Gasteiger partial charge on any atom is -0.319 e. The summed E-state index contributed by atoms with van der Waals surface area (Å²) in [6.45, 7) is 0.742. The Kier molecular flexibility index (Phi) is 5.64. The molecule has 0 saturated carbocycles. The molecule has 0 fully saturated rings. The molecular weight excluding hydrogens is 390 g/mol. The molecule has 0 bridgehead atoms. The van der Waals surface area contributed by atoms with E-state index >= 15 is 0 Å². The van der Waals surface area contributed by atoms with Crippen molar-refractivity contribution in [2.75, 3.05) is 23.0 Å². The zero-order valence-electron chi connectivity index (χ0n) is 15.6. The van der Waals surface area contributed by atoms with Crippen molar-refractivity contribution in [3.63, 3.8) is 0 Å². The first-order valence-corrected chi connectivity index (χ1v) is 11.2. The van der Waals surface area contributed by atoms with Crippen molar-refractivity contribution < 1.29 is 9.59 Å². The summed E-state index contributed by atoms with van der Waals surface area (Å²) in [6.07, 6.45) is 1.99. The van der Waals surface area contributed by atoms with Crippen molar-refractivity contribution in [2.45, 2.75) is 12.8 Å². The van der Waals surface area contributed by atoms with Crippen LogP contribution in [-0.2, 0) is 23.1 Å². The van der Waals surface area contributed by atoms with Crippen molar-refractivity contribution in [1.82, 2.24) is 4.57 Å². The van der Waals surface area contributed by atoms with Crippen LogP contribution in [0.2, 0.25) is 0 Å². The monoisotopic (exact) mass is 411 g/mol. The van der Waals surface area contributed by atoms with E-state index in [-0.39, 0.29) is 23.3 Å². The zero-order valence-corrected chi connectivity index (χ0v) is 17.3. The molecule has 2 aromatic carbocycles. The van der Waals surface area contributed by atoms with Gasteiger partial charge in [0.25, 0.3) is 5.91 Å². The minimum atomic E-state index is -0.209. The van der Waals surface area contributed by atoms with Crippen molar-refractivity contribution in [1.29, 1.82) is 0 Å². The van der Waals surface area contributed by atoms with Crippen molar-refractivity contribution >= 4 is 50.8 Å². The fraction of sp³-hybridized carbons (Fsp3) is 0.286. The molecule has 4 rings (SSSR count). The second-order valence-electron chi connectivity index (χ2n) is 6.69. The van der Waals surface area contributed by atoms with E-state index in [1.807, 2.05) is 59.0 Å². The fourth-order valence-electron chi connectivity index (χ4n) is 3.42. The van der Waals surface area contributed by atoms with E-state index in [2.05, 4.69) is 11.1 Å². The molecule has 1 aliphatic heterocycles. The van der Waals surface area contributed by atoms with Gasteiger partial charge in [-0.25, -0.2) is 0 Å². The van der Waals surface area contributed by atoms with Crippen molar-refractivity contribution in [2.24, 2.45) is 12.0 Å². The number of nitrogens with zero attached hydrogens (tertiary/aromatic N) is 3. The molecule has 0 N–H and O–H groups in total. The Morgan fingerprint density at radius 3 is 2.75 bits per heavy atom. The Bertz CT molecular complexity index is 1100. The summed E-state index contributed by atoms with van der Waals surface area (Å²) in [4.78, 5) is 31.7. The maximum absolute atomic E-state index is 12.6. The van der Waals surface area contributed by atoms with Crippen LogP contribution >= 0.6 is 23.1 Å². The van der Waals surface area contributed by atoms with Crippen LogP contribution in [0.5, 0.6) is 0 Å². The number of carbonyl (C=O) groups excluding carboxylic acids is 2. The van der Waals surface area contributed by atoms with E-state index in [0.717, 1.165) is 35.3 Å². The lowest BCUT2D eigenvalue weighted by Gasteiger charge is -2.29. The number of carbonyl (C=O) groups is 2. The Morgan fingerprint density at radius 1 is 1.11 bits per heavy atom. The molecule has 1 aromatic heterocycles. The number of aromatic nitrogens is 1. The van der Waals surface area contributed by atoms with Crippen LogP contribution in [-0.4, -0.2) is 34.4 Å². The highest BCUT2D eigenvalue weighted by molar-refractivity contribution is 8.00. The molecule has 0 saturated heterocycles. The maximum Gasteiger partial charge on any atom is 0.258 e. The second kappa shape index (κ2) is 8.32. The van der Waals surface area contributed by atoms with Crippen LogP contribution in [0.15, 0.2) is 53.5 Å². The van der Waals surface area contributed by atoms with Gasteiger partial charge in [-0.05, 0) is 36.6 Å². The highest BCUT2D eigenvalue weighted by Crippen LogP contribution is 2.27. The lowest BCUT2D eigenvalue weighted by atomic mass is 10.0. The van der Waals surface area contributed by atoms with Gasteiger partial charge >= 0.3 is 0 Å². The fourth-order valence-corrected chi connectivity index (χ4v) is 5.13. The number of para-hydroxylation sites is 2. The summed E-state index contributed by atoms with van der Waals surface area (Å²) >= 11 is 2.83. The third-order valence-electron chi connectivity index (χ3n) is 4.80. The predicted molar refractivity (Wildman–Crippen MR) is 116 cm³/mol. The highest BCUT2D eigenvalue weighted by Gasteiger charge is 2.22. The van der Waals surface area contributed by atoms with Crippen LogP contribution in [0.1, 0.15) is 12.0 Å². The predicted octanol–water partition coefficient (Wildman–Crippen LogP) is 3.38. The number of thiazole rings is 1. The van der Waals surface area contributed by atoms with Crippen LogP contribution in [0.25, 0.3) is 10.2 Å². The first kappa shape index (κ1) is 19.0. The van der Waals surface area contributed by atoms with Gasteiger partial charge in [0.2, 0.25) is 5.91 Å². The first-order valence-electron chi connectivity index (χ1n) is 9.21. The van der Waals surface area contributed by atoms with Crippen LogP contribution < -0.4 is 9.70 Å². The Balaban J connectivity index is 1.38. The van der Waals surface area contributed by atoms with Gasteiger partial charge in [-0.2, -0.15) is 4.99 Å². The summed E-state index contributed by atoms with van der Waals surface area (Å²) in [6, 6.07) is 16.0. The third kappa shape index (κ3) is 3.91. The number of rotatable bonds is 4. The van der Waals surface area contributed by atoms with Gasteiger partial charge in [0, 0.05) is 19.3 Å². The van der Waals surface area contributed by atoms with Crippen LogP contribution in [0, 0.1) is 0 Å². The normalized spacial score (nSPS) is 14.3. The number of thioether (sulfide) groups is 1. The maximum atomic E-state index is 12.6. The molecular formula is C21H21N3O2S2. The summed E-state index contributed by atoms with van der Waals surface area (Å²) < 4.78 is 3.03. The smallest absolute Gasteiger partial charge is 0.258 e. The van der Waals surface area contributed by atoms with Gasteiger partial charge in [0.15, 0.2) is 4.80 Å². The number of amides is 2. The number of fused-ring (bicyclic) bond motifs is 2. The summed E-state index contributed by atoms with van der Waals surface area (Å²) in [5.41, 5.74) is 3.29. The Morgan fingerprint density at radius 2 is 1.89 bits per heavy atom. The van der Waals surface area contributed by atoms with Gasteiger partial charge in [0.1, 0.15) is 0 Å². The number of hydrogen-bond donors (Lipinski definition) is 0. The molecule has 0 aliphatic carbocycles. The van der Waals surface area contributed by atoms with E-state index in [9.17, 15) is 9.59 Å². The molecule has 0 unspecified atom stereocenters. The lowest BCUT2D eigenvalue weighted by molar-refractivity contribution is -0.116. The molecule has 144 valence electrons. The molecule has 1 aliphatic rings. The third-order valence-corrected chi connectivity index (χ3v) is 6.81. The van der Waals surface area contributed by atoms with Crippen molar-refractivity contribution in [3.05, 3.63) is 58.9 Å². The molecule has 28 heavy (non-hydrogen) atoms. The number of aryl methyl sites for hydroxylation is 2. The van der Waals surface area contributed by atoms with Gasteiger partial charge in [-0.3, -0.25) is 9.59 Å². The second-order valence-corrected chi connectivity index (χ2v) is 8.68. The number of anilines is 1. The largest absolute Gasteiger partial charge is 0.319 e. The molecule has 2 heterocycles. The first-order chi connectivity index (χ1) is 13.6. The van der Waals surface area contributed by atoms with Crippen LogP contribution in [0.4, 0.5) is 5.69 Å². The van der Waals surface area contributed by atoms with Gasteiger partial charge in [0.05, 0.1) is 21.7 Å². The van der Waals surface area contributed by atoms with Gasteiger partial charge in [-0.1, -0.05) is 41.7 Å². The summed E-state index contributed by atoms with van der Waals surface area (Å²) in [5, 5.41) is 0. The zero-order chi connectivity index (χ0) is 19.5. The molecule has 3 aromatic rings. The lowest BCUT2D eigenvalue weighted by Crippen LogP contribution is -2.36. The van der Waals surface area contributed by atoms with Gasteiger partial charge < -0.3 is 9.47 Å². The number of hydrogen-bond acceptors (Lipinski definition) is 4. The molecule has 2 amide bonds. The van der Waals surface area contributed by atoms with Gasteiger partial charge in [-0.15, -0.1) is 11.8 Å². The molecule has 5 nitrogen and oxygen atoms in total. The highest BCUT2D eigenvalue weighted by atomic mass is 32.2. The van der Waals surface area contributed by atoms with Crippen molar-refractivity contribution in [3.8, 4) is 0 Å². The van der Waals surface area contributed by atoms with E-state index < -0.39 is 0 Å². The average molecular weight is 412 g/mol. The van der Waals surface area contributed by atoms with Crippen LogP contribution in [0.3, 0.4) is 0 Å². The minimum absolute atomic E-state index is 0.0531. The summed E-state index contributed by atoms with van der Waals surface area (Å²) in [5.74, 6) is 0.334. The van der Waals surface area contributed by atoms with E-state index in [0.29, 0.717) is 4.80 Å².